The molecule has 1 fully saturated rings. The van der Waals surface area contributed by atoms with Gasteiger partial charge in [0.2, 0.25) is 0 Å². The first kappa shape index (κ1) is 18.7. The van der Waals surface area contributed by atoms with Crippen LogP contribution in [0.4, 0.5) is 0 Å². The quantitative estimate of drug-likeness (QED) is 0.685. The molecule has 28 heavy (non-hydrogen) atoms. The summed E-state index contributed by atoms with van der Waals surface area (Å²) in [6, 6.07) is 24.9. The van der Waals surface area contributed by atoms with Gasteiger partial charge in [0.25, 0.3) is 0 Å². The van der Waals surface area contributed by atoms with Crippen LogP contribution in [0.3, 0.4) is 0 Å². The molecule has 0 aromatic heterocycles. The molecule has 1 saturated heterocycles. The second kappa shape index (κ2) is 9.02. The maximum Gasteiger partial charge on any atom is 0.132 e. The Labute approximate surface area is 166 Å². The molecule has 1 aliphatic rings. The topological polar surface area (TPSA) is 50.5 Å². The molecule has 1 aliphatic heterocycles. The van der Waals surface area contributed by atoms with Crippen LogP contribution in [-0.4, -0.2) is 31.1 Å². The van der Waals surface area contributed by atoms with Crippen LogP contribution in [-0.2, 0) is 13.1 Å². The number of hydrogen-bond donors (Lipinski definition) is 2. The van der Waals surface area contributed by atoms with E-state index in [0.29, 0.717) is 6.54 Å². The van der Waals surface area contributed by atoms with Crippen molar-refractivity contribution in [3.63, 3.8) is 0 Å². The van der Waals surface area contributed by atoms with Gasteiger partial charge in [0, 0.05) is 44.8 Å². The number of hydrogen-bond acceptors (Lipinski definition) is 4. The van der Waals surface area contributed by atoms with E-state index in [2.05, 4.69) is 52.7 Å². The van der Waals surface area contributed by atoms with Gasteiger partial charge in [0.05, 0.1) is 0 Å². The summed E-state index contributed by atoms with van der Waals surface area (Å²) in [6.45, 7) is 5.64. The van der Waals surface area contributed by atoms with Crippen molar-refractivity contribution in [2.45, 2.75) is 13.1 Å². The summed E-state index contributed by atoms with van der Waals surface area (Å²) in [6.07, 6.45) is 0. The Balaban J connectivity index is 1.66. The first-order chi connectivity index (χ1) is 13.8. The number of ether oxygens (including phenoxy) is 1. The van der Waals surface area contributed by atoms with Crippen molar-refractivity contribution in [1.82, 2.24) is 10.2 Å². The summed E-state index contributed by atoms with van der Waals surface area (Å²) in [5, 5.41) is 3.41. The fraction of sp³-hybridized carbons (Fsp3) is 0.250. The molecule has 3 N–H and O–H groups in total. The SMILES string of the molecule is NCc1cccc(-c2ccc(CN3CCNCC3)c(Oc3ccccc3)c2)c1. The lowest BCUT2D eigenvalue weighted by Gasteiger charge is -2.28. The summed E-state index contributed by atoms with van der Waals surface area (Å²) in [5.74, 6) is 1.78. The van der Waals surface area contributed by atoms with Crippen LogP contribution in [0.2, 0.25) is 0 Å². The van der Waals surface area contributed by atoms with Crippen LogP contribution in [0, 0.1) is 0 Å². The van der Waals surface area contributed by atoms with Crippen molar-refractivity contribution in [3.05, 3.63) is 83.9 Å². The van der Waals surface area contributed by atoms with E-state index < -0.39 is 0 Å². The largest absolute Gasteiger partial charge is 0.457 e. The molecule has 0 unspecified atom stereocenters. The van der Waals surface area contributed by atoms with Crippen molar-refractivity contribution in [2.75, 3.05) is 26.2 Å². The Morgan fingerprint density at radius 1 is 0.857 bits per heavy atom. The summed E-state index contributed by atoms with van der Waals surface area (Å²) in [4.78, 5) is 2.47. The van der Waals surface area contributed by atoms with Crippen molar-refractivity contribution in [3.8, 4) is 22.6 Å². The fourth-order valence-corrected chi connectivity index (χ4v) is 3.56. The van der Waals surface area contributed by atoms with Gasteiger partial charge < -0.3 is 15.8 Å². The minimum Gasteiger partial charge on any atom is -0.457 e. The standard InChI is InChI=1S/C24H27N3O/c25-17-19-5-4-6-20(15-19)21-9-10-22(18-27-13-11-26-12-14-27)24(16-21)28-23-7-2-1-3-8-23/h1-10,15-16,26H,11-14,17-18,25H2. The zero-order valence-electron chi connectivity index (χ0n) is 16.1. The Morgan fingerprint density at radius 2 is 1.64 bits per heavy atom. The lowest BCUT2D eigenvalue weighted by atomic mass is 10.0. The molecule has 3 aromatic carbocycles. The van der Waals surface area contributed by atoms with Gasteiger partial charge in [-0.2, -0.15) is 0 Å². The number of nitrogens with zero attached hydrogens (tertiary/aromatic N) is 1. The van der Waals surface area contributed by atoms with E-state index in [1.165, 1.54) is 5.56 Å². The van der Waals surface area contributed by atoms with E-state index in [4.69, 9.17) is 10.5 Å². The van der Waals surface area contributed by atoms with Crippen molar-refractivity contribution in [2.24, 2.45) is 5.73 Å². The first-order valence-corrected chi connectivity index (χ1v) is 9.90. The minimum absolute atomic E-state index is 0.544. The third-order valence-electron chi connectivity index (χ3n) is 5.14. The third-order valence-corrected chi connectivity index (χ3v) is 5.14. The molecular weight excluding hydrogens is 346 g/mol. The van der Waals surface area contributed by atoms with E-state index in [0.717, 1.165) is 60.9 Å². The van der Waals surface area contributed by atoms with E-state index in [9.17, 15) is 0 Å². The highest BCUT2D eigenvalue weighted by molar-refractivity contribution is 5.67. The van der Waals surface area contributed by atoms with Crippen molar-refractivity contribution in [1.29, 1.82) is 0 Å². The monoisotopic (exact) mass is 373 g/mol. The highest BCUT2D eigenvalue weighted by atomic mass is 16.5. The van der Waals surface area contributed by atoms with Gasteiger partial charge in [0.1, 0.15) is 11.5 Å². The zero-order chi connectivity index (χ0) is 19.2. The molecule has 0 aliphatic carbocycles. The van der Waals surface area contributed by atoms with Gasteiger partial charge >= 0.3 is 0 Å². The predicted molar refractivity (Wildman–Crippen MR) is 114 cm³/mol. The Bertz CT molecular complexity index is 905. The molecule has 0 amide bonds. The smallest absolute Gasteiger partial charge is 0.132 e. The number of piperazine rings is 1. The Morgan fingerprint density at radius 3 is 2.43 bits per heavy atom. The lowest BCUT2D eigenvalue weighted by Crippen LogP contribution is -2.42. The molecule has 0 bridgehead atoms. The van der Waals surface area contributed by atoms with Gasteiger partial charge in [-0.15, -0.1) is 0 Å². The number of nitrogens with one attached hydrogen (secondary N) is 1. The molecule has 3 aromatic rings. The maximum absolute atomic E-state index is 6.30. The predicted octanol–water partition coefficient (Wildman–Crippen LogP) is 4.01. The van der Waals surface area contributed by atoms with Crippen LogP contribution < -0.4 is 15.8 Å². The minimum atomic E-state index is 0.544. The maximum atomic E-state index is 6.30. The Hall–Kier alpha value is -2.66. The Kier molecular flexibility index (Phi) is 6.02. The van der Waals surface area contributed by atoms with E-state index >= 15 is 0 Å². The van der Waals surface area contributed by atoms with Crippen LogP contribution >= 0.6 is 0 Å². The average Bonchev–Trinajstić information content (AvgIpc) is 2.76. The van der Waals surface area contributed by atoms with E-state index in [1.54, 1.807) is 0 Å². The van der Waals surface area contributed by atoms with Crippen LogP contribution in [0.1, 0.15) is 11.1 Å². The second-order valence-corrected chi connectivity index (χ2v) is 7.17. The van der Waals surface area contributed by atoms with E-state index in [-0.39, 0.29) is 0 Å². The van der Waals surface area contributed by atoms with Crippen LogP contribution in [0.15, 0.2) is 72.8 Å². The second-order valence-electron chi connectivity index (χ2n) is 7.17. The zero-order valence-corrected chi connectivity index (χ0v) is 16.1. The molecule has 0 atom stereocenters. The third kappa shape index (κ3) is 4.60. The summed E-state index contributed by atoms with van der Waals surface area (Å²) in [7, 11) is 0. The molecule has 4 rings (SSSR count). The van der Waals surface area contributed by atoms with Crippen LogP contribution in [0.5, 0.6) is 11.5 Å². The van der Waals surface area contributed by atoms with Crippen LogP contribution in [0.25, 0.3) is 11.1 Å². The number of rotatable bonds is 6. The summed E-state index contributed by atoms with van der Waals surface area (Å²) < 4.78 is 6.30. The first-order valence-electron chi connectivity index (χ1n) is 9.90. The van der Waals surface area contributed by atoms with Gasteiger partial charge in [-0.25, -0.2) is 0 Å². The molecule has 1 heterocycles. The number of nitrogens with two attached hydrogens (primary N) is 1. The molecule has 4 nitrogen and oxygen atoms in total. The van der Waals surface area contributed by atoms with Gasteiger partial charge in [-0.3, -0.25) is 4.90 Å². The van der Waals surface area contributed by atoms with E-state index in [1.807, 2.05) is 30.3 Å². The van der Waals surface area contributed by atoms with Crippen molar-refractivity contribution >= 4 is 0 Å². The van der Waals surface area contributed by atoms with Gasteiger partial charge in [-0.05, 0) is 41.0 Å². The lowest BCUT2D eigenvalue weighted by molar-refractivity contribution is 0.231. The fourth-order valence-electron chi connectivity index (χ4n) is 3.56. The van der Waals surface area contributed by atoms with Crippen molar-refractivity contribution < 1.29 is 4.74 Å². The molecule has 4 heteroatoms. The average molecular weight is 374 g/mol. The van der Waals surface area contributed by atoms with Gasteiger partial charge in [0.15, 0.2) is 0 Å². The number of benzene rings is 3. The molecular formula is C24H27N3O. The normalized spacial score (nSPS) is 14.8. The molecule has 0 spiro atoms. The summed E-state index contributed by atoms with van der Waals surface area (Å²) >= 11 is 0. The highest BCUT2D eigenvalue weighted by Crippen LogP contribution is 2.32. The number of para-hydroxylation sites is 1. The molecule has 0 radical (unpaired) electrons. The molecule has 0 saturated carbocycles. The highest BCUT2D eigenvalue weighted by Gasteiger charge is 2.14. The summed E-state index contributed by atoms with van der Waals surface area (Å²) in [5.41, 5.74) is 10.5. The molecule has 144 valence electrons. The van der Waals surface area contributed by atoms with Gasteiger partial charge in [-0.1, -0.05) is 48.5 Å².